The van der Waals surface area contributed by atoms with Gasteiger partial charge in [0.05, 0.1) is 5.56 Å². The highest BCUT2D eigenvalue weighted by molar-refractivity contribution is 6.14. The molecule has 4 rings (SSSR count). The second kappa shape index (κ2) is 5.01. The van der Waals surface area contributed by atoms with Crippen LogP contribution in [0.25, 0.3) is 10.9 Å². The summed E-state index contributed by atoms with van der Waals surface area (Å²) < 4.78 is 24.6. The van der Waals surface area contributed by atoms with Crippen molar-refractivity contribution in [2.24, 2.45) is 0 Å². The van der Waals surface area contributed by atoms with Gasteiger partial charge in [-0.05, 0) is 31.2 Å². The number of aromatic nitrogens is 1. The van der Waals surface area contributed by atoms with E-state index in [1.807, 2.05) is 0 Å². The van der Waals surface area contributed by atoms with Gasteiger partial charge in [0.25, 0.3) is 5.91 Å². The Bertz CT molecular complexity index is 933. The third-order valence-corrected chi connectivity index (χ3v) is 3.82. The van der Waals surface area contributed by atoms with E-state index < -0.39 is 5.82 Å². The average molecular weight is 312 g/mol. The molecule has 0 aliphatic carbocycles. The topological polar surface area (TPSA) is 63.4 Å². The number of halogens is 1. The number of rotatable bonds is 2. The van der Waals surface area contributed by atoms with Gasteiger partial charge in [-0.15, -0.1) is 0 Å². The number of anilines is 1. The van der Waals surface area contributed by atoms with Crippen LogP contribution in [0.15, 0.2) is 36.4 Å². The van der Waals surface area contributed by atoms with Crippen LogP contribution in [0.2, 0.25) is 0 Å². The molecule has 1 aliphatic heterocycles. The first-order valence-corrected chi connectivity index (χ1v) is 7.11. The lowest BCUT2D eigenvalue weighted by atomic mass is 10.1. The Morgan fingerprint density at radius 2 is 2.04 bits per heavy atom. The smallest absolute Gasteiger partial charge is 0.258 e. The van der Waals surface area contributed by atoms with E-state index in [1.165, 1.54) is 6.07 Å². The van der Waals surface area contributed by atoms with Gasteiger partial charge in [0.15, 0.2) is 11.5 Å². The number of benzene rings is 2. The van der Waals surface area contributed by atoms with Crippen LogP contribution >= 0.6 is 0 Å². The van der Waals surface area contributed by atoms with Crippen LogP contribution in [0.5, 0.6) is 11.5 Å². The standard InChI is InChI=1S/C17H13FN2O3/c1-9-15(16-11(18)3-2-4-12(16)19-9)17(21)20-10-5-6-13-14(7-10)23-8-22-13/h2-7,19H,8H2,1H3,(H,20,21). The second-order valence-electron chi connectivity index (χ2n) is 5.31. The molecule has 23 heavy (non-hydrogen) atoms. The molecule has 6 heteroatoms. The molecule has 1 aliphatic rings. The summed E-state index contributed by atoms with van der Waals surface area (Å²) in [7, 11) is 0. The zero-order valence-electron chi connectivity index (χ0n) is 12.3. The van der Waals surface area contributed by atoms with E-state index in [1.54, 1.807) is 37.3 Å². The summed E-state index contributed by atoms with van der Waals surface area (Å²) in [5, 5.41) is 3.07. The maximum atomic E-state index is 14.1. The van der Waals surface area contributed by atoms with E-state index >= 15 is 0 Å². The van der Waals surface area contributed by atoms with Crippen LogP contribution in [0.1, 0.15) is 16.1 Å². The van der Waals surface area contributed by atoms with Gasteiger partial charge >= 0.3 is 0 Å². The van der Waals surface area contributed by atoms with Gasteiger partial charge in [0.2, 0.25) is 6.79 Å². The molecule has 1 aromatic heterocycles. The minimum Gasteiger partial charge on any atom is -0.454 e. The molecule has 0 atom stereocenters. The van der Waals surface area contributed by atoms with Crippen molar-refractivity contribution >= 4 is 22.5 Å². The van der Waals surface area contributed by atoms with Gasteiger partial charge in [-0.1, -0.05) is 6.07 Å². The number of aryl methyl sites for hydroxylation is 1. The monoisotopic (exact) mass is 312 g/mol. The Balaban J connectivity index is 1.71. The lowest BCUT2D eigenvalue weighted by Gasteiger charge is -2.07. The van der Waals surface area contributed by atoms with Crippen LogP contribution in [-0.4, -0.2) is 17.7 Å². The number of nitrogens with one attached hydrogen (secondary N) is 2. The highest BCUT2D eigenvalue weighted by Crippen LogP contribution is 2.34. The molecule has 1 amide bonds. The van der Waals surface area contributed by atoms with E-state index in [9.17, 15) is 9.18 Å². The number of amides is 1. The number of carbonyl (C=O) groups is 1. The van der Waals surface area contributed by atoms with Crippen LogP contribution in [0.4, 0.5) is 10.1 Å². The highest BCUT2D eigenvalue weighted by Gasteiger charge is 2.20. The third kappa shape index (κ3) is 2.19. The SMILES string of the molecule is Cc1[nH]c2cccc(F)c2c1C(=O)Nc1ccc2c(c1)OCO2. The van der Waals surface area contributed by atoms with Gasteiger partial charge in [-0.25, -0.2) is 4.39 Å². The number of ether oxygens (including phenoxy) is 2. The molecule has 0 unspecified atom stereocenters. The average Bonchev–Trinajstić information content (AvgIpc) is 3.10. The molecule has 2 N–H and O–H groups in total. The van der Waals surface area contributed by atoms with Crippen molar-refractivity contribution < 1.29 is 18.7 Å². The number of H-pyrrole nitrogens is 1. The van der Waals surface area contributed by atoms with E-state index in [4.69, 9.17) is 9.47 Å². The molecule has 0 bridgehead atoms. The van der Waals surface area contributed by atoms with E-state index in [0.29, 0.717) is 39.3 Å². The van der Waals surface area contributed by atoms with Gasteiger partial charge < -0.3 is 19.8 Å². The molecule has 0 saturated carbocycles. The van der Waals surface area contributed by atoms with Crippen molar-refractivity contribution in [3.8, 4) is 11.5 Å². The van der Waals surface area contributed by atoms with Crippen LogP contribution < -0.4 is 14.8 Å². The number of hydrogen-bond donors (Lipinski definition) is 2. The first-order valence-electron chi connectivity index (χ1n) is 7.11. The summed E-state index contributed by atoms with van der Waals surface area (Å²) >= 11 is 0. The lowest BCUT2D eigenvalue weighted by Crippen LogP contribution is -2.13. The van der Waals surface area contributed by atoms with E-state index in [0.717, 1.165) is 0 Å². The van der Waals surface area contributed by atoms with Crippen molar-refractivity contribution in [1.29, 1.82) is 0 Å². The molecule has 5 nitrogen and oxygen atoms in total. The van der Waals surface area contributed by atoms with E-state index in [2.05, 4.69) is 10.3 Å². The van der Waals surface area contributed by atoms with E-state index in [-0.39, 0.29) is 12.7 Å². The van der Waals surface area contributed by atoms with Crippen molar-refractivity contribution in [3.63, 3.8) is 0 Å². The third-order valence-electron chi connectivity index (χ3n) is 3.82. The van der Waals surface area contributed by atoms with Crippen molar-refractivity contribution in [1.82, 2.24) is 4.98 Å². The Hall–Kier alpha value is -3.02. The predicted octanol–water partition coefficient (Wildman–Crippen LogP) is 3.60. The van der Waals surface area contributed by atoms with Crippen LogP contribution in [-0.2, 0) is 0 Å². The summed E-state index contributed by atoms with van der Waals surface area (Å²) in [6.45, 7) is 1.91. The van der Waals surface area contributed by atoms with Crippen LogP contribution in [0.3, 0.4) is 0 Å². The Kier molecular flexibility index (Phi) is 2.97. The summed E-state index contributed by atoms with van der Waals surface area (Å²) in [5.41, 5.74) is 2.07. The molecule has 2 heterocycles. The number of carbonyl (C=O) groups excluding carboxylic acids is 1. The van der Waals surface area contributed by atoms with Crippen LogP contribution in [0, 0.1) is 12.7 Å². The fourth-order valence-electron chi connectivity index (χ4n) is 2.79. The normalized spacial score (nSPS) is 12.6. The Morgan fingerprint density at radius 1 is 1.22 bits per heavy atom. The predicted molar refractivity (Wildman–Crippen MR) is 83.5 cm³/mol. The minimum atomic E-state index is -0.428. The number of fused-ring (bicyclic) bond motifs is 2. The molecular formula is C17H13FN2O3. The summed E-state index contributed by atoms with van der Waals surface area (Å²) in [4.78, 5) is 15.6. The molecule has 116 valence electrons. The highest BCUT2D eigenvalue weighted by atomic mass is 19.1. The second-order valence-corrected chi connectivity index (χ2v) is 5.31. The number of hydrogen-bond acceptors (Lipinski definition) is 3. The van der Waals surface area contributed by atoms with Gasteiger partial charge in [0.1, 0.15) is 5.82 Å². The molecule has 0 saturated heterocycles. The zero-order chi connectivity index (χ0) is 16.0. The van der Waals surface area contributed by atoms with Gasteiger partial charge in [0, 0.05) is 28.4 Å². The minimum absolute atomic E-state index is 0.166. The zero-order valence-corrected chi connectivity index (χ0v) is 12.3. The lowest BCUT2D eigenvalue weighted by molar-refractivity contribution is 0.102. The Morgan fingerprint density at radius 3 is 2.91 bits per heavy atom. The maximum absolute atomic E-state index is 14.1. The molecular weight excluding hydrogens is 299 g/mol. The fraction of sp³-hybridized carbons (Fsp3) is 0.118. The maximum Gasteiger partial charge on any atom is 0.258 e. The molecule has 2 aromatic carbocycles. The molecule has 0 radical (unpaired) electrons. The first kappa shape index (κ1) is 13.6. The quantitative estimate of drug-likeness (QED) is 0.760. The Labute approximate surface area is 131 Å². The summed E-state index contributed by atoms with van der Waals surface area (Å²) in [6.07, 6.45) is 0. The fourth-order valence-corrected chi connectivity index (χ4v) is 2.79. The summed E-state index contributed by atoms with van der Waals surface area (Å²) in [6, 6.07) is 9.80. The summed E-state index contributed by atoms with van der Waals surface area (Å²) in [5.74, 6) is 0.405. The molecule has 0 fully saturated rings. The molecule has 3 aromatic rings. The van der Waals surface area contributed by atoms with Gasteiger partial charge in [-0.3, -0.25) is 4.79 Å². The number of aromatic amines is 1. The first-order chi connectivity index (χ1) is 11.1. The molecule has 0 spiro atoms. The van der Waals surface area contributed by atoms with Gasteiger partial charge in [-0.2, -0.15) is 0 Å². The van der Waals surface area contributed by atoms with Crippen molar-refractivity contribution in [2.45, 2.75) is 6.92 Å². The largest absolute Gasteiger partial charge is 0.454 e. The van der Waals surface area contributed by atoms with Crippen molar-refractivity contribution in [3.05, 3.63) is 53.5 Å². The van der Waals surface area contributed by atoms with Crippen molar-refractivity contribution in [2.75, 3.05) is 12.1 Å².